The number of allylic oxidation sites excluding steroid dienone is 3. The minimum absolute atomic E-state index is 0.0863. The molecule has 0 aliphatic heterocycles. The summed E-state index contributed by atoms with van der Waals surface area (Å²) in [6, 6.07) is 0. The third-order valence-electron chi connectivity index (χ3n) is 2.38. The van der Waals surface area contributed by atoms with Crippen molar-refractivity contribution < 1.29 is 19.4 Å². The van der Waals surface area contributed by atoms with E-state index >= 15 is 0 Å². The molecular weight excluding hydrogens is 232 g/mol. The normalized spacial score (nSPS) is 14.7. The van der Waals surface area contributed by atoms with Crippen LogP contribution in [0.1, 0.15) is 40.5 Å². The van der Waals surface area contributed by atoms with Crippen LogP contribution in [0.5, 0.6) is 0 Å². The lowest BCUT2D eigenvalue weighted by molar-refractivity contribution is -0.164. The van der Waals surface area contributed by atoms with Crippen molar-refractivity contribution in [3.05, 3.63) is 23.3 Å². The van der Waals surface area contributed by atoms with Crippen molar-refractivity contribution in [1.82, 2.24) is 0 Å². The summed E-state index contributed by atoms with van der Waals surface area (Å²) in [4.78, 5) is 22.7. The van der Waals surface area contributed by atoms with E-state index in [1.165, 1.54) is 14.0 Å². The summed E-state index contributed by atoms with van der Waals surface area (Å²) >= 11 is 0. The van der Waals surface area contributed by atoms with Crippen molar-refractivity contribution in [3.8, 4) is 0 Å². The molecule has 1 N–H and O–H groups in total. The molecule has 0 bridgehead atoms. The molecule has 0 radical (unpaired) electrons. The van der Waals surface area contributed by atoms with E-state index in [1.54, 1.807) is 6.92 Å². The minimum Gasteiger partial charge on any atom is -0.467 e. The highest BCUT2D eigenvalue weighted by Crippen LogP contribution is 2.23. The van der Waals surface area contributed by atoms with Crippen molar-refractivity contribution in [2.45, 2.75) is 46.1 Å². The van der Waals surface area contributed by atoms with Gasteiger partial charge in [-0.2, -0.15) is 0 Å². The second kappa shape index (κ2) is 7.11. The number of carbonyl (C=O) groups is 2. The molecule has 0 heterocycles. The van der Waals surface area contributed by atoms with Crippen LogP contribution in [-0.4, -0.2) is 29.6 Å². The van der Waals surface area contributed by atoms with E-state index in [0.29, 0.717) is 0 Å². The number of ketones is 1. The zero-order chi connectivity index (χ0) is 14.3. The topological polar surface area (TPSA) is 63.6 Å². The van der Waals surface area contributed by atoms with Crippen LogP contribution < -0.4 is 0 Å². The summed E-state index contributed by atoms with van der Waals surface area (Å²) in [7, 11) is 1.20. The number of rotatable bonds is 6. The van der Waals surface area contributed by atoms with Crippen molar-refractivity contribution in [2.75, 3.05) is 7.11 Å². The maximum atomic E-state index is 11.6. The zero-order valence-corrected chi connectivity index (χ0v) is 11.7. The second-order valence-electron chi connectivity index (χ2n) is 4.84. The van der Waals surface area contributed by atoms with E-state index in [9.17, 15) is 14.7 Å². The van der Waals surface area contributed by atoms with Crippen LogP contribution in [0.25, 0.3) is 0 Å². The summed E-state index contributed by atoms with van der Waals surface area (Å²) < 4.78 is 4.56. The Labute approximate surface area is 108 Å². The van der Waals surface area contributed by atoms with Gasteiger partial charge in [-0.25, -0.2) is 4.79 Å². The Kier molecular flexibility index (Phi) is 6.55. The molecule has 0 aliphatic carbocycles. The maximum absolute atomic E-state index is 11.6. The van der Waals surface area contributed by atoms with Crippen LogP contribution >= 0.6 is 0 Å². The zero-order valence-electron chi connectivity index (χ0n) is 11.7. The van der Waals surface area contributed by atoms with Gasteiger partial charge in [0.15, 0.2) is 5.60 Å². The fourth-order valence-electron chi connectivity index (χ4n) is 1.64. The first-order valence-corrected chi connectivity index (χ1v) is 5.82. The van der Waals surface area contributed by atoms with Crippen LogP contribution in [0.2, 0.25) is 0 Å². The first-order chi connectivity index (χ1) is 8.21. The van der Waals surface area contributed by atoms with Gasteiger partial charge in [0.05, 0.1) is 7.11 Å². The number of ether oxygens (including phenoxy) is 1. The Morgan fingerprint density at radius 2 is 1.67 bits per heavy atom. The van der Waals surface area contributed by atoms with Gasteiger partial charge >= 0.3 is 5.97 Å². The molecule has 1 unspecified atom stereocenters. The van der Waals surface area contributed by atoms with E-state index in [-0.39, 0.29) is 18.6 Å². The summed E-state index contributed by atoms with van der Waals surface area (Å²) in [5.74, 6) is -1.03. The molecule has 0 spiro atoms. The van der Waals surface area contributed by atoms with Crippen LogP contribution in [0.15, 0.2) is 23.3 Å². The molecule has 0 aromatic heterocycles. The number of hydrogen-bond acceptors (Lipinski definition) is 4. The molecule has 0 aliphatic rings. The quantitative estimate of drug-likeness (QED) is 0.583. The summed E-state index contributed by atoms with van der Waals surface area (Å²) in [5.41, 5.74) is 0.157. The Balaban J connectivity index is 5.01. The smallest absolute Gasteiger partial charge is 0.338 e. The lowest BCUT2D eigenvalue weighted by atomic mass is 9.90. The van der Waals surface area contributed by atoms with Crippen molar-refractivity contribution >= 4 is 11.8 Å². The average Bonchev–Trinajstić information content (AvgIpc) is 2.23. The molecule has 102 valence electrons. The van der Waals surface area contributed by atoms with Gasteiger partial charge in [0, 0.05) is 12.8 Å². The van der Waals surface area contributed by atoms with Crippen LogP contribution in [0.4, 0.5) is 0 Å². The first kappa shape index (κ1) is 16.6. The van der Waals surface area contributed by atoms with Gasteiger partial charge in [0.25, 0.3) is 0 Å². The van der Waals surface area contributed by atoms with E-state index < -0.39 is 11.6 Å². The molecule has 0 rings (SSSR count). The molecule has 0 amide bonds. The van der Waals surface area contributed by atoms with E-state index in [0.717, 1.165) is 11.1 Å². The number of hydrogen-bond donors (Lipinski definition) is 1. The van der Waals surface area contributed by atoms with Crippen LogP contribution in [-0.2, 0) is 14.3 Å². The Hall–Kier alpha value is -1.42. The predicted octanol–water partition coefficient (Wildman–Crippen LogP) is 2.17. The highest BCUT2D eigenvalue weighted by atomic mass is 16.5. The Bertz CT molecular complexity index is 375. The van der Waals surface area contributed by atoms with Crippen molar-refractivity contribution in [2.24, 2.45) is 0 Å². The largest absolute Gasteiger partial charge is 0.467 e. The lowest BCUT2D eigenvalue weighted by Gasteiger charge is -2.24. The minimum atomic E-state index is -1.77. The highest BCUT2D eigenvalue weighted by molar-refractivity contribution is 5.87. The van der Waals surface area contributed by atoms with Crippen molar-refractivity contribution in [1.29, 1.82) is 0 Å². The number of Topliss-reactive ketones (excluding diaryl/α,β-unsaturated/α-hetero) is 1. The van der Waals surface area contributed by atoms with Crippen molar-refractivity contribution in [3.63, 3.8) is 0 Å². The fourth-order valence-corrected chi connectivity index (χ4v) is 1.64. The standard InChI is InChI=1S/C14H22O4/c1-10(2)6-7-11(3)8-14(17,9-12(4)15)13(16)18-5/h6-7,17H,8-9H2,1-5H3/b11-7-. The van der Waals surface area contributed by atoms with Gasteiger partial charge in [-0.3, -0.25) is 4.79 Å². The van der Waals surface area contributed by atoms with Crippen LogP contribution in [0, 0.1) is 0 Å². The number of esters is 1. The fraction of sp³-hybridized carbons (Fsp3) is 0.571. The summed E-state index contributed by atoms with van der Waals surface area (Å²) in [5, 5.41) is 10.2. The molecule has 0 fully saturated rings. The molecule has 0 saturated carbocycles. The third-order valence-corrected chi connectivity index (χ3v) is 2.38. The summed E-state index contributed by atoms with van der Waals surface area (Å²) in [6.45, 7) is 7.04. The van der Waals surface area contributed by atoms with E-state index in [1.807, 2.05) is 26.0 Å². The molecule has 4 heteroatoms. The Morgan fingerprint density at radius 1 is 1.11 bits per heavy atom. The van der Waals surface area contributed by atoms with Gasteiger partial charge in [0.1, 0.15) is 5.78 Å². The first-order valence-electron chi connectivity index (χ1n) is 5.82. The van der Waals surface area contributed by atoms with E-state index in [2.05, 4.69) is 4.74 Å². The lowest BCUT2D eigenvalue weighted by Crippen LogP contribution is -2.41. The number of methoxy groups -OCH3 is 1. The SMILES string of the molecule is COC(=O)C(O)(CC(C)=O)C/C(C)=C\C=C(C)C. The average molecular weight is 254 g/mol. The predicted molar refractivity (Wildman–Crippen MR) is 70.1 cm³/mol. The highest BCUT2D eigenvalue weighted by Gasteiger charge is 2.38. The monoisotopic (exact) mass is 254 g/mol. The molecule has 0 aromatic carbocycles. The number of aliphatic hydroxyl groups is 1. The van der Waals surface area contributed by atoms with E-state index in [4.69, 9.17) is 0 Å². The third kappa shape index (κ3) is 5.77. The van der Waals surface area contributed by atoms with Gasteiger partial charge in [-0.1, -0.05) is 23.3 Å². The van der Waals surface area contributed by atoms with Gasteiger partial charge in [-0.15, -0.1) is 0 Å². The van der Waals surface area contributed by atoms with Crippen LogP contribution in [0.3, 0.4) is 0 Å². The molecule has 0 saturated heterocycles. The Morgan fingerprint density at radius 3 is 2.06 bits per heavy atom. The second-order valence-corrected chi connectivity index (χ2v) is 4.84. The summed E-state index contributed by atoms with van der Waals surface area (Å²) in [6.07, 6.45) is 3.56. The molecule has 1 atom stereocenters. The number of carbonyl (C=O) groups excluding carboxylic acids is 2. The molecule has 18 heavy (non-hydrogen) atoms. The van der Waals surface area contributed by atoms with Gasteiger partial charge in [0.2, 0.25) is 0 Å². The molecule has 0 aromatic rings. The maximum Gasteiger partial charge on any atom is 0.338 e. The molecular formula is C14H22O4. The van der Waals surface area contributed by atoms with Gasteiger partial charge < -0.3 is 9.84 Å². The molecule has 4 nitrogen and oxygen atoms in total. The van der Waals surface area contributed by atoms with Gasteiger partial charge in [-0.05, 0) is 27.7 Å².